The second-order valence-corrected chi connectivity index (χ2v) is 4.40. The maximum atomic E-state index is 13.4. The van der Waals surface area contributed by atoms with Gasteiger partial charge in [-0.3, -0.25) is 4.79 Å². The molecule has 1 unspecified atom stereocenters. The molecule has 1 atom stereocenters. The summed E-state index contributed by atoms with van der Waals surface area (Å²) in [5.41, 5.74) is 1.14. The average molecular weight is 258 g/mol. The Kier molecular flexibility index (Phi) is 3.95. The van der Waals surface area contributed by atoms with Crippen LogP contribution in [0.4, 0.5) is 4.39 Å². The molecule has 2 aromatic carbocycles. The maximum absolute atomic E-state index is 13.4. The summed E-state index contributed by atoms with van der Waals surface area (Å²) in [7, 11) is 0. The van der Waals surface area contributed by atoms with Crippen molar-refractivity contribution in [2.45, 2.75) is 20.0 Å². The van der Waals surface area contributed by atoms with Gasteiger partial charge in [0.2, 0.25) is 5.78 Å². The number of carbonyl (C=O) groups is 1. The van der Waals surface area contributed by atoms with E-state index in [1.165, 1.54) is 6.07 Å². The summed E-state index contributed by atoms with van der Waals surface area (Å²) in [5.74, 6) is -0.0988. The summed E-state index contributed by atoms with van der Waals surface area (Å²) in [6.07, 6.45) is -0.649. The monoisotopic (exact) mass is 258 g/mol. The second kappa shape index (κ2) is 5.65. The van der Waals surface area contributed by atoms with Gasteiger partial charge in [-0.1, -0.05) is 36.4 Å². The fourth-order valence-electron chi connectivity index (χ4n) is 1.74. The van der Waals surface area contributed by atoms with Crippen molar-refractivity contribution in [2.24, 2.45) is 0 Å². The van der Waals surface area contributed by atoms with Gasteiger partial charge in [-0.15, -0.1) is 0 Å². The fourth-order valence-corrected chi connectivity index (χ4v) is 1.74. The highest BCUT2D eigenvalue weighted by Crippen LogP contribution is 2.18. The highest BCUT2D eigenvalue weighted by atomic mass is 19.1. The lowest BCUT2D eigenvalue weighted by atomic mass is 10.1. The smallest absolute Gasteiger partial charge is 0.202 e. The molecule has 0 bridgehead atoms. The van der Waals surface area contributed by atoms with Crippen LogP contribution in [0.25, 0.3) is 0 Å². The molecule has 19 heavy (non-hydrogen) atoms. The first-order chi connectivity index (χ1) is 9.08. The van der Waals surface area contributed by atoms with E-state index in [1.54, 1.807) is 50.2 Å². The quantitative estimate of drug-likeness (QED) is 0.780. The van der Waals surface area contributed by atoms with Gasteiger partial charge < -0.3 is 4.74 Å². The van der Waals surface area contributed by atoms with E-state index in [9.17, 15) is 9.18 Å². The van der Waals surface area contributed by atoms with Crippen molar-refractivity contribution in [3.8, 4) is 5.75 Å². The van der Waals surface area contributed by atoms with Crippen molar-refractivity contribution in [3.05, 3.63) is 65.5 Å². The minimum atomic E-state index is -0.649. The molecular formula is C16H15FO2. The average Bonchev–Trinajstić information content (AvgIpc) is 2.43. The number of Topliss-reactive ketones (excluding diaryl/α,β-unsaturated/α-hetero) is 1. The van der Waals surface area contributed by atoms with Crippen LogP contribution in [0.5, 0.6) is 5.75 Å². The van der Waals surface area contributed by atoms with E-state index in [0.29, 0.717) is 16.9 Å². The number of ketones is 1. The van der Waals surface area contributed by atoms with Gasteiger partial charge >= 0.3 is 0 Å². The van der Waals surface area contributed by atoms with Crippen LogP contribution >= 0.6 is 0 Å². The van der Waals surface area contributed by atoms with Crippen LogP contribution in [0.3, 0.4) is 0 Å². The van der Waals surface area contributed by atoms with Crippen LogP contribution < -0.4 is 4.74 Å². The number of rotatable bonds is 4. The Bertz CT molecular complexity index is 579. The first-order valence-corrected chi connectivity index (χ1v) is 6.10. The van der Waals surface area contributed by atoms with Gasteiger partial charge in [-0.05, 0) is 25.5 Å². The van der Waals surface area contributed by atoms with Gasteiger partial charge in [-0.25, -0.2) is 4.39 Å². The topological polar surface area (TPSA) is 26.3 Å². The minimum absolute atomic E-state index is 0.124. The Balaban J connectivity index is 2.10. The molecule has 0 spiro atoms. The summed E-state index contributed by atoms with van der Waals surface area (Å²) in [6, 6.07) is 13.5. The second-order valence-electron chi connectivity index (χ2n) is 4.40. The molecule has 2 aromatic rings. The largest absolute Gasteiger partial charge is 0.482 e. The molecule has 0 N–H and O–H groups in total. The molecule has 0 fully saturated rings. The van der Waals surface area contributed by atoms with Gasteiger partial charge in [-0.2, -0.15) is 0 Å². The van der Waals surface area contributed by atoms with Crippen molar-refractivity contribution in [1.29, 1.82) is 0 Å². The lowest BCUT2D eigenvalue weighted by Crippen LogP contribution is -2.23. The number of hydrogen-bond donors (Lipinski definition) is 0. The standard InChI is InChI=1S/C16H15FO2/c1-11-8-9-14(10-15(11)17)19-12(2)16(18)13-6-4-3-5-7-13/h3-10,12H,1-2H3. The number of carbonyl (C=O) groups excluding carboxylic acids is 1. The van der Waals surface area contributed by atoms with Crippen LogP contribution in [0.2, 0.25) is 0 Å². The summed E-state index contributed by atoms with van der Waals surface area (Å²) < 4.78 is 18.9. The molecular weight excluding hydrogens is 243 g/mol. The van der Waals surface area contributed by atoms with Gasteiger partial charge in [0.1, 0.15) is 11.6 Å². The zero-order chi connectivity index (χ0) is 13.8. The van der Waals surface area contributed by atoms with E-state index in [2.05, 4.69) is 0 Å². The van der Waals surface area contributed by atoms with Crippen LogP contribution in [-0.4, -0.2) is 11.9 Å². The Morgan fingerprint density at radius 3 is 2.47 bits per heavy atom. The van der Waals surface area contributed by atoms with Gasteiger partial charge in [0.25, 0.3) is 0 Å². The van der Waals surface area contributed by atoms with Crippen molar-refractivity contribution in [1.82, 2.24) is 0 Å². The third kappa shape index (κ3) is 3.19. The number of hydrogen-bond acceptors (Lipinski definition) is 2. The first-order valence-electron chi connectivity index (χ1n) is 6.10. The molecule has 0 aliphatic carbocycles. The number of benzene rings is 2. The molecule has 2 nitrogen and oxygen atoms in total. The Morgan fingerprint density at radius 1 is 1.16 bits per heavy atom. The van der Waals surface area contributed by atoms with E-state index in [-0.39, 0.29) is 11.6 Å². The molecule has 0 amide bonds. The third-order valence-corrected chi connectivity index (χ3v) is 2.88. The minimum Gasteiger partial charge on any atom is -0.482 e. The van der Waals surface area contributed by atoms with Crippen molar-refractivity contribution in [2.75, 3.05) is 0 Å². The molecule has 0 aromatic heterocycles. The molecule has 0 aliphatic rings. The molecule has 0 radical (unpaired) electrons. The van der Waals surface area contributed by atoms with Crippen LogP contribution in [0.15, 0.2) is 48.5 Å². The molecule has 3 heteroatoms. The highest BCUT2D eigenvalue weighted by molar-refractivity contribution is 5.99. The normalized spacial score (nSPS) is 11.9. The van der Waals surface area contributed by atoms with Crippen molar-refractivity contribution < 1.29 is 13.9 Å². The van der Waals surface area contributed by atoms with E-state index in [4.69, 9.17) is 4.74 Å². The van der Waals surface area contributed by atoms with E-state index < -0.39 is 6.10 Å². The summed E-state index contributed by atoms with van der Waals surface area (Å²) >= 11 is 0. The molecule has 0 saturated heterocycles. The summed E-state index contributed by atoms with van der Waals surface area (Å²) in [5, 5.41) is 0. The lowest BCUT2D eigenvalue weighted by molar-refractivity contribution is 0.0817. The van der Waals surface area contributed by atoms with Crippen molar-refractivity contribution in [3.63, 3.8) is 0 Å². The highest BCUT2D eigenvalue weighted by Gasteiger charge is 2.16. The number of ether oxygens (including phenoxy) is 1. The van der Waals surface area contributed by atoms with Gasteiger partial charge in [0.15, 0.2) is 6.10 Å². The van der Waals surface area contributed by atoms with Crippen molar-refractivity contribution >= 4 is 5.78 Å². The number of halogens is 1. The zero-order valence-corrected chi connectivity index (χ0v) is 10.9. The number of aryl methyl sites for hydroxylation is 1. The van der Waals surface area contributed by atoms with Gasteiger partial charge in [0.05, 0.1) is 0 Å². The zero-order valence-electron chi connectivity index (χ0n) is 10.9. The summed E-state index contributed by atoms with van der Waals surface area (Å²) in [4.78, 5) is 12.1. The van der Waals surface area contributed by atoms with E-state index in [1.807, 2.05) is 6.07 Å². The molecule has 98 valence electrons. The Morgan fingerprint density at radius 2 is 1.84 bits per heavy atom. The van der Waals surface area contributed by atoms with E-state index in [0.717, 1.165) is 0 Å². The first kappa shape index (κ1) is 13.3. The van der Waals surface area contributed by atoms with Crippen LogP contribution in [-0.2, 0) is 0 Å². The SMILES string of the molecule is Cc1ccc(OC(C)C(=O)c2ccccc2)cc1F. The molecule has 2 rings (SSSR count). The third-order valence-electron chi connectivity index (χ3n) is 2.88. The molecule has 0 saturated carbocycles. The lowest BCUT2D eigenvalue weighted by Gasteiger charge is -2.14. The molecule has 0 aliphatic heterocycles. The Hall–Kier alpha value is -2.16. The fraction of sp³-hybridized carbons (Fsp3) is 0.188. The van der Waals surface area contributed by atoms with Gasteiger partial charge in [0, 0.05) is 11.6 Å². The van der Waals surface area contributed by atoms with Crippen LogP contribution in [0, 0.1) is 12.7 Å². The van der Waals surface area contributed by atoms with Crippen LogP contribution in [0.1, 0.15) is 22.8 Å². The predicted molar refractivity (Wildman–Crippen MR) is 72.0 cm³/mol. The summed E-state index contributed by atoms with van der Waals surface area (Å²) in [6.45, 7) is 3.34. The van der Waals surface area contributed by atoms with E-state index >= 15 is 0 Å². The molecule has 0 heterocycles. The predicted octanol–water partition coefficient (Wildman–Crippen LogP) is 3.78. The Labute approximate surface area is 111 Å². The maximum Gasteiger partial charge on any atom is 0.202 e.